The summed E-state index contributed by atoms with van der Waals surface area (Å²) in [4.78, 5) is 33.2. The van der Waals surface area contributed by atoms with E-state index in [9.17, 15) is 9.59 Å². The van der Waals surface area contributed by atoms with Crippen LogP contribution in [0.5, 0.6) is 0 Å². The van der Waals surface area contributed by atoms with Crippen molar-refractivity contribution in [1.29, 1.82) is 0 Å². The predicted molar refractivity (Wildman–Crippen MR) is 109 cm³/mol. The van der Waals surface area contributed by atoms with E-state index >= 15 is 0 Å². The zero-order valence-electron chi connectivity index (χ0n) is 16.0. The van der Waals surface area contributed by atoms with E-state index < -0.39 is 0 Å². The molecule has 0 N–H and O–H groups in total. The van der Waals surface area contributed by atoms with Crippen LogP contribution in [0, 0.1) is 6.92 Å². The average Bonchev–Trinajstić information content (AvgIpc) is 3.15. The monoisotopic (exact) mass is 409 g/mol. The van der Waals surface area contributed by atoms with Gasteiger partial charge < -0.3 is 9.80 Å². The highest BCUT2D eigenvalue weighted by Crippen LogP contribution is 2.16. The lowest BCUT2D eigenvalue weighted by atomic mass is 10.2. The second kappa shape index (κ2) is 8.05. The molecule has 0 spiro atoms. The van der Waals surface area contributed by atoms with Gasteiger partial charge in [-0.1, -0.05) is 29.8 Å². The molecule has 0 radical (unpaired) electrons. The summed E-state index contributed by atoms with van der Waals surface area (Å²) in [6.07, 6.45) is 0. The Morgan fingerprint density at radius 3 is 2.07 bits per heavy atom. The predicted octanol–water partition coefficient (Wildman–Crippen LogP) is 2.83. The molecule has 148 valence electrons. The van der Waals surface area contributed by atoms with Crippen LogP contribution in [-0.2, 0) is 0 Å². The highest BCUT2D eigenvalue weighted by molar-refractivity contribution is 6.30. The van der Waals surface area contributed by atoms with Crippen molar-refractivity contribution >= 4 is 23.4 Å². The third-order valence-corrected chi connectivity index (χ3v) is 5.16. The second-order valence-electron chi connectivity index (χ2n) is 6.82. The van der Waals surface area contributed by atoms with Gasteiger partial charge in [-0.2, -0.15) is 0 Å². The topological polar surface area (TPSA) is 71.3 Å². The number of piperazine rings is 1. The van der Waals surface area contributed by atoms with Gasteiger partial charge in [0.05, 0.1) is 5.69 Å². The molecule has 1 saturated heterocycles. The van der Waals surface area contributed by atoms with Crippen LogP contribution in [-0.4, -0.2) is 62.6 Å². The van der Waals surface area contributed by atoms with Crippen LogP contribution in [0.2, 0.25) is 5.02 Å². The van der Waals surface area contributed by atoms with Crippen LogP contribution in [0.3, 0.4) is 0 Å². The number of carbonyl (C=O) groups is 2. The lowest BCUT2D eigenvalue weighted by molar-refractivity contribution is 0.0529. The molecule has 29 heavy (non-hydrogen) atoms. The number of nitrogens with zero attached hydrogens (tertiary/aromatic N) is 5. The van der Waals surface area contributed by atoms with Crippen LogP contribution >= 0.6 is 11.6 Å². The van der Waals surface area contributed by atoms with E-state index in [4.69, 9.17) is 11.6 Å². The number of halogens is 1. The average molecular weight is 410 g/mol. The first-order chi connectivity index (χ1) is 14.0. The fourth-order valence-corrected chi connectivity index (χ4v) is 3.45. The first-order valence-electron chi connectivity index (χ1n) is 9.36. The third-order valence-electron chi connectivity index (χ3n) is 4.91. The fraction of sp³-hybridized carbons (Fsp3) is 0.238. The van der Waals surface area contributed by atoms with Crippen molar-refractivity contribution in [2.24, 2.45) is 0 Å². The Morgan fingerprint density at radius 1 is 0.862 bits per heavy atom. The number of hydrogen-bond acceptors (Lipinski definition) is 4. The summed E-state index contributed by atoms with van der Waals surface area (Å²) in [5.74, 6) is 0.528. The van der Waals surface area contributed by atoms with Crippen molar-refractivity contribution in [3.63, 3.8) is 0 Å². The third kappa shape index (κ3) is 4.00. The molecule has 8 heteroatoms. The molecule has 7 nitrogen and oxygen atoms in total. The number of aryl methyl sites for hydroxylation is 1. The minimum absolute atomic E-state index is 0.0151. The largest absolute Gasteiger partial charge is 0.335 e. The Bertz CT molecular complexity index is 1020. The zero-order chi connectivity index (χ0) is 20.4. The lowest BCUT2D eigenvalue weighted by Gasteiger charge is -2.34. The van der Waals surface area contributed by atoms with Gasteiger partial charge in [-0.3, -0.25) is 9.59 Å². The number of aromatic nitrogens is 3. The molecule has 1 aromatic heterocycles. The molecule has 2 aromatic carbocycles. The number of hydrogen-bond donors (Lipinski definition) is 0. The summed E-state index contributed by atoms with van der Waals surface area (Å²) in [5.41, 5.74) is 1.45. The van der Waals surface area contributed by atoms with E-state index in [0.717, 1.165) is 5.69 Å². The maximum absolute atomic E-state index is 12.9. The molecule has 2 amide bonds. The Morgan fingerprint density at radius 2 is 1.45 bits per heavy atom. The number of rotatable bonds is 3. The van der Waals surface area contributed by atoms with Gasteiger partial charge in [0.15, 0.2) is 0 Å². The summed E-state index contributed by atoms with van der Waals surface area (Å²) in [5, 5.41) is 5.01. The van der Waals surface area contributed by atoms with E-state index in [1.165, 1.54) is 0 Å². The Hall–Kier alpha value is -3.19. The van der Waals surface area contributed by atoms with Gasteiger partial charge in [-0.25, -0.2) is 9.67 Å². The molecule has 1 aliphatic heterocycles. The Balaban J connectivity index is 1.43. The van der Waals surface area contributed by atoms with Gasteiger partial charge in [0.1, 0.15) is 5.82 Å². The number of benzene rings is 2. The summed E-state index contributed by atoms with van der Waals surface area (Å²) < 4.78 is 1.62. The molecule has 1 aliphatic rings. The van der Waals surface area contributed by atoms with E-state index in [2.05, 4.69) is 10.1 Å². The van der Waals surface area contributed by atoms with Crippen LogP contribution in [0.1, 0.15) is 26.8 Å². The van der Waals surface area contributed by atoms with Crippen molar-refractivity contribution < 1.29 is 9.59 Å². The minimum atomic E-state index is -0.229. The molecule has 0 unspecified atom stereocenters. The van der Waals surface area contributed by atoms with Gasteiger partial charge >= 0.3 is 0 Å². The molecule has 3 aromatic rings. The van der Waals surface area contributed by atoms with E-state index in [1.54, 1.807) is 45.7 Å². The SMILES string of the molecule is Cc1nc(C(=O)N2CCN(C(=O)c3ccccc3)CC2)nn1-c1ccc(Cl)cc1. The lowest BCUT2D eigenvalue weighted by Crippen LogP contribution is -2.50. The van der Waals surface area contributed by atoms with Crippen molar-refractivity contribution in [3.05, 3.63) is 76.8 Å². The van der Waals surface area contributed by atoms with Crippen LogP contribution < -0.4 is 0 Å². The highest BCUT2D eigenvalue weighted by Gasteiger charge is 2.28. The maximum atomic E-state index is 12.9. The fourth-order valence-electron chi connectivity index (χ4n) is 3.32. The molecular weight excluding hydrogens is 390 g/mol. The quantitative estimate of drug-likeness (QED) is 0.666. The molecule has 0 aliphatic carbocycles. The Kier molecular flexibility index (Phi) is 5.31. The Labute approximate surface area is 173 Å². The normalized spacial score (nSPS) is 14.1. The standard InChI is InChI=1S/C21H20ClN5O2/c1-15-23-19(24-27(15)18-9-7-17(22)8-10-18)21(29)26-13-11-25(12-14-26)20(28)16-5-3-2-4-6-16/h2-10H,11-14H2,1H3. The van der Waals surface area contributed by atoms with Crippen LogP contribution in [0.4, 0.5) is 0 Å². The molecule has 2 heterocycles. The summed E-state index contributed by atoms with van der Waals surface area (Å²) in [6.45, 7) is 3.67. The molecule has 4 rings (SSSR count). The molecule has 1 fully saturated rings. The van der Waals surface area contributed by atoms with E-state index in [-0.39, 0.29) is 17.6 Å². The number of amides is 2. The van der Waals surface area contributed by atoms with Crippen LogP contribution in [0.15, 0.2) is 54.6 Å². The molecule has 0 bridgehead atoms. The van der Waals surface area contributed by atoms with Crippen molar-refractivity contribution in [2.75, 3.05) is 26.2 Å². The van der Waals surface area contributed by atoms with Gasteiger partial charge in [0.25, 0.3) is 11.8 Å². The van der Waals surface area contributed by atoms with Crippen molar-refractivity contribution in [3.8, 4) is 5.69 Å². The molecular formula is C21H20ClN5O2. The van der Waals surface area contributed by atoms with Gasteiger partial charge in [-0.15, -0.1) is 5.10 Å². The minimum Gasteiger partial charge on any atom is -0.335 e. The first-order valence-corrected chi connectivity index (χ1v) is 9.74. The van der Waals surface area contributed by atoms with Crippen molar-refractivity contribution in [1.82, 2.24) is 24.6 Å². The summed E-state index contributed by atoms with van der Waals surface area (Å²) in [6, 6.07) is 16.4. The summed E-state index contributed by atoms with van der Waals surface area (Å²) in [7, 11) is 0. The van der Waals surface area contributed by atoms with Gasteiger partial charge in [0, 0.05) is 36.8 Å². The molecule has 0 atom stereocenters. The smallest absolute Gasteiger partial charge is 0.293 e. The molecule has 0 saturated carbocycles. The first kappa shape index (κ1) is 19.1. The zero-order valence-corrected chi connectivity index (χ0v) is 16.7. The van der Waals surface area contributed by atoms with Crippen LogP contribution in [0.25, 0.3) is 5.69 Å². The van der Waals surface area contributed by atoms with Crippen molar-refractivity contribution in [2.45, 2.75) is 6.92 Å². The van der Waals surface area contributed by atoms with E-state index in [0.29, 0.717) is 42.6 Å². The summed E-state index contributed by atoms with van der Waals surface area (Å²) >= 11 is 5.94. The van der Waals surface area contributed by atoms with Gasteiger partial charge in [0.2, 0.25) is 5.82 Å². The highest BCUT2D eigenvalue weighted by atomic mass is 35.5. The number of carbonyl (C=O) groups excluding carboxylic acids is 2. The van der Waals surface area contributed by atoms with Gasteiger partial charge in [-0.05, 0) is 43.3 Å². The maximum Gasteiger partial charge on any atom is 0.293 e. The second-order valence-corrected chi connectivity index (χ2v) is 7.26. The van der Waals surface area contributed by atoms with E-state index in [1.807, 2.05) is 30.3 Å².